The first-order valence-corrected chi connectivity index (χ1v) is 7.11. The first-order chi connectivity index (χ1) is 9.15. The zero-order valence-corrected chi connectivity index (χ0v) is 11.6. The molecule has 100 valence electrons. The number of carbonyl (C=O) groups excluding carboxylic acids is 1. The van der Waals surface area contributed by atoms with Gasteiger partial charge >= 0.3 is 0 Å². The first-order valence-electron chi connectivity index (χ1n) is 6.68. The summed E-state index contributed by atoms with van der Waals surface area (Å²) in [4.78, 5) is 15.1. The zero-order chi connectivity index (χ0) is 13.4. The molecule has 4 heteroatoms. The highest BCUT2D eigenvalue weighted by Crippen LogP contribution is 2.29. The number of alkyl halides is 1. The lowest BCUT2D eigenvalue weighted by Crippen LogP contribution is -2.41. The number of hydrogen-bond acceptors (Lipinski definition) is 1. The van der Waals surface area contributed by atoms with E-state index in [9.17, 15) is 4.79 Å². The minimum Gasteiger partial charge on any atom is -0.358 e. The molecule has 2 atom stereocenters. The van der Waals surface area contributed by atoms with Crippen LogP contribution in [0.15, 0.2) is 24.3 Å². The molecule has 1 aromatic heterocycles. The van der Waals surface area contributed by atoms with E-state index in [2.05, 4.69) is 28.5 Å². The number of aromatic amines is 1. The summed E-state index contributed by atoms with van der Waals surface area (Å²) in [5.41, 5.74) is 3.84. The van der Waals surface area contributed by atoms with Crippen LogP contribution < -0.4 is 5.32 Å². The molecule has 2 N–H and O–H groups in total. The van der Waals surface area contributed by atoms with Crippen LogP contribution in [-0.2, 0) is 17.6 Å². The Hall–Kier alpha value is -1.48. The quantitative estimate of drug-likeness (QED) is 0.814. The first kappa shape index (κ1) is 12.5. The zero-order valence-electron chi connectivity index (χ0n) is 10.9. The van der Waals surface area contributed by atoms with Gasteiger partial charge in [0.2, 0.25) is 5.91 Å². The predicted molar refractivity (Wildman–Crippen MR) is 77.6 cm³/mol. The molecule has 1 aliphatic carbocycles. The number of nitrogens with one attached hydrogen (secondary N) is 2. The maximum Gasteiger partial charge on any atom is 0.237 e. The van der Waals surface area contributed by atoms with Crippen LogP contribution in [0.3, 0.4) is 0 Å². The van der Waals surface area contributed by atoms with Crippen LogP contribution in [0.2, 0.25) is 0 Å². The number of carbonyl (C=O) groups is 1. The van der Waals surface area contributed by atoms with Crippen molar-refractivity contribution in [1.82, 2.24) is 10.3 Å². The lowest BCUT2D eigenvalue weighted by molar-refractivity contribution is -0.121. The molecule has 0 radical (unpaired) electrons. The molecule has 0 saturated carbocycles. The van der Waals surface area contributed by atoms with Crippen molar-refractivity contribution in [3.05, 3.63) is 35.5 Å². The van der Waals surface area contributed by atoms with Crippen LogP contribution in [-0.4, -0.2) is 22.3 Å². The number of rotatable bonds is 2. The second-order valence-corrected chi connectivity index (χ2v) is 5.85. The number of aryl methyl sites for hydroxylation is 1. The molecule has 3 nitrogen and oxygen atoms in total. The molecule has 19 heavy (non-hydrogen) atoms. The molecule has 3 rings (SSSR count). The van der Waals surface area contributed by atoms with Gasteiger partial charge in [-0.2, -0.15) is 0 Å². The Balaban J connectivity index is 1.82. The molecule has 0 bridgehead atoms. The highest BCUT2D eigenvalue weighted by molar-refractivity contribution is 6.30. The number of amides is 1. The Morgan fingerprint density at radius 2 is 2.26 bits per heavy atom. The van der Waals surface area contributed by atoms with E-state index in [-0.39, 0.29) is 11.9 Å². The van der Waals surface area contributed by atoms with Crippen molar-refractivity contribution in [2.75, 3.05) is 0 Å². The molecular weight excluding hydrogens is 260 g/mol. The van der Waals surface area contributed by atoms with Crippen LogP contribution in [0.5, 0.6) is 0 Å². The number of halogens is 1. The van der Waals surface area contributed by atoms with E-state index < -0.39 is 5.38 Å². The van der Waals surface area contributed by atoms with Gasteiger partial charge in [0.15, 0.2) is 0 Å². The van der Waals surface area contributed by atoms with Crippen molar-refractivity contribution in [2.45, 2.75) is 37.6 Å². The monoisotopic (exact) mass is 276 g/mol. The molecular formula is C15H17ClN2O. The summed E-state index contributed by atoms with van der Waals surface area (Å²) >= 11 is 5.79. The van der Waals surface area contributed by atoms with Crippen LogP contribution >= 0.6 is 11.6 Å². The summed E-state index contributed by atoms with van der Waals surface area (Å²) in [6.07, 6.45) is 2.84. The Labute approximate surface area is 117 Å². The Kier molecular flexibility index (Phi) is 3.23. The van der Waals surface area contributed by atoms with Crippen molar-refractivity contribution in [1.29, 1.82) is 0 Å². The van der Waals surface area contributed by atoms with Crippen molar-refractivity contribution in [2.24, 2.45) is 0 Å². The fraction of sp³-hybridized carbons (Fsp3) is 0.400. The van der Waals surface area contributed by atoms with Crippen LogP contribution in [0, 0.1) is 0 Å². The van der Waals surface area contributed by atoms with Gasteiger partial charge in [-0.15, -0.1) is 11.6 Å². The third kappa shape index (κ3) is 2.35. The van der Waals surface area contributed by atoms with Crippen LogP contribution in [0.4, 0.5) is 0 Å². The lowest BCUT2D eigenvalue weighted by Gasteiger charge is -2.24. The van der Waals surface area contributed by atoms with E-state index in [4.69, 9.17) is 11.6 Å². The summed E-state index contributed by atoms with van der Waals surface area (Å²) in [6, 6.07) is 8.55. The van der Waals surface area contributed by atoms with Gasteiger partial charge in [-0.3, -0.25) is 4.79 Å². The molecule has 0 aliphatic heterocycles. The summed E-state index contributed by atoms with van der Waals surface area (Å²) in [5.74, 6) is -0.0776. The molecule has 0 spiro atoms. The normalized spacial score (nSPS) is 20.0. The van der Waals surface area contributed by atoms with Gasteiger partial charge in [-0.25, -0.2) is 0 Å². The number of para-hydroxylation sites is 1. The van der Waals surface area contributed by atoms with Gasteiger partial charge in [-0.05, 0) is 31.4 Å². The average Bonchev–Trinajstić information content (AvgIpc) is 2.76. The maximum absolute atomic E-state index is 11.6. The second kappa shape index (κ2) is 4.89. The summed E-state index contributed by atoms with van der Waals surface area (Å²) in [7, 11) is 0. The van der Waals surface area contributed by atoms with E-state index in [1.54, 1.807) is 6.92 Å². The third-order valence-corrected chi connectivity index (χ3v) is 4.00. The molecule has 1 aromatic carbocycles. The highest BCUT2D eigenvalue weighted by Gasteiger charge is 2.24. The highest BCUT2D eigenvalue weighted by atomic mass is 35.5. The Morgan fingerprint density at radius 1 is 1.47 bits per heavy atom. The van der Waals surface area contributed by atoms with Crippen molar-refractivity contribution >= 4 is 28.4 Å². The largest absolute Gasteiger partial charge is 0.358 e. The molecule has 1 heterocycles. The molecule has 0 saturated heterocycles. The molecule has 1 amide bonds. The third-order valence-electron chi connectivity index (χ3n) is 3.80. The van der Waals surface area contributed by atoms with E-state index in [0.717, 1.165) is 19.3 Å². The Morgan fingerprint density at radius 3 is 3.05 bits per heavy atom. The Bertz CT molecular complexity index is 618. The van der Waals surface area contributed by atoms with Gasteiger partial charge in [0.25, 0.3) is 0 Å². The minimum absolute atomic E-state index is 0.0776. The van der Waals surface area contributed by atoms with Gasteiger partial charge in [0.05, 0.1) is 0 Å². The summed E-state index contributed by atoms with van der Waals surface area (Å²) in [6.45, 7) is 1.70. The van der Waals surface area contributed by atoms with Gasteiger partial charge in [0, 0.05) is 29.1 Å². The SMILES string of the molecule is CC(Cl)C(=O)NC1CCc2c([nH]c3ccccc23)C1. The number of fused-ring (bicyclic) bond motifs is 3. The fourth-order valence-electron chi connectivity index (χ4n) is 2.82. The van der Waals surface area contributed by atoms with Crippen molar-refractivity contribution in [3.8, 4) is 0 Å². The van der Waals surface area contributed by atoms with Gasteiger partial charge in [0.1, 0.15) is 5.38 Å². The van der Waals surface area contributed by atoms with Gasteiger partial charge < -0.3 is 10.3 Å². The maximum atomic E-state index is 11.6. The smallest absolute Gasteiger partial charge is 0.237 e. The molecule has 0 fully saturated rings. The standard InChI is InChI=1S/C15H17ClN2O/c1-9(16)15(19)17-10-6-7-12-11-4-2-3-5-13(11)18-14(12)8-10/h2-5,9-10,18H,6-8H2,1H3,(H,17,19). The van der Waals surface area contributed by atoms with Crippen molar-refractivity contribution in [3.63, 3.8) is 0 Å². The number of aromatic nitrogens is 1. The lowest BCUT2D eigenvalue weighted by atomic mass is 9.91. The van der Waals surface area contributed by atoms with Crippen molar-refractivity contribution < 1.29 is 4.79 Å². The molecule has 2 unspecified atom stereocenters. The second-order valence-electron chi connectivity index (χ2n) is 5.19. The number of hydrogen-bond donors (Lipinski definition) is 2. The van der Waals surface area contributed by atoms with E-state index >= 15 is 0 Å². The number of benzene rings is 1. The minimum atomic E-state index is -0.468. The predicted octanol–water partition coefficient (Wildman–Crippen LogP) is 2.77. The molecule has 1 aliphatic rings. The fourth-order valence-corrected chi connectivity index (χ4v) is 2.88. The summed E-state index contributed by atoms with van der Waals surface area (Å²) < 4.78 is 0. The number of H-pyrrole nitrogens is 1. The van der Waals surface area contributed by atoms with Crippen LogP contribution in [0.1, 0.15) is 24.6 Å². The van der Waals surface area contributed by atoms with E-state index in [0.29, 0.717) is 0 Å². The molecule has 2 aromatic rings. The van der Waals surface area contributed by atoms with Crippen LogP contribution in [0.25, 0.3) is 10.9 Å². The van der Waals surface area contributed by atoms with E-state index in [1.807, 2.05) is 6.07 Å². The topological polar surface area (TPSA) is 44.9 Å². The average molecular weight is 277 g/mol. The van der Waals surface area contributed by atoms with E-state index in [1.165, 1.54) is 22.2 Å². The van der Waals surface area contributed by atoms with Gasteiger partial charge in [-0.1, -0.05) is 18.2 Å². The summed E-state index contributed by atoms with van der Waals surface area (Å²) in [5, 5.41) is 3.86.